The van der Waals surface area contributed by atoms with E-state index in [1.165, 1.54) is 7.11 Å². The molecule has 0 bridgehead atoms. The molecule has 84 valence electrons. The van der Waals surface area contributed by atoms with Crippen LogP contribution in [0, 0.1) is 11.3 Å². The van der Waals surface area contributed by atoms with Crippen LogP contribution < -0.4 is 4.74 Å². The van der Waals surface area contributed by atoms with Crippen molar-refractivity contribution in [3.05, 3.63) is 28.8 Å². The normalized spacial score (nSPS) is 9.56. The maximum atomic E-state index is 10.6. The number of alkyl halides is 1. The number of benzene rings is 1. The summed E-state index contributed by atoms with van der Waals surface area (Å²) in [5, 5.41) is 17.6. The molecule has 5 heteroatoms. The van der Waals surface area contributed by atoms with E-state index in [-0.39, 0.29) is 12.3 Å². The minimum Gasteiger partial charge on any atom is -0.495 e. The van der Waals surface area contributed by atoms with Crippen LogP contribution in [0.4, 0.5) is 0 Å². The number of hydrogen-bond acceptors (Lipinski definition) is 3. The summed E-state index contributed by atoms with van der Waals surface area (Å²) in [6.45, 7) is 0. The van der Waals surface area contributed by atoms with Crippen molar-refractivity contribution in [1.82, 2.24) is 0 Å². The van der Waals surface area contributed by atoms with Gasteiger partial charge in [-0.3, -0.25) is 4.79 Å². The van der Waals surface area contributed by atoms with Gasteiger partial charge in [0.15, 0.2) is 0 Å². The van der Waals surface area contributed by atoms with E-state index >= 15 is 0 Å². The summed E-state index contributed by atoms with van der Waals surface area (Å²) in [4.78, 5) is 10.6. The van der Waals surface area contributed by atoms with E-state index in [2.05, 4.69) is 0 Å². The molecular formula is C11H10ClNO3. The van der Waals surface area contributed by atoms with Gasteiger partial charge in [0.2, 0.25) is 0 Å². The summed E-state index contributed by atoms with van der Waals surface area (Å²) in [5.41, 5.74) is 1.56. The van der Waals surface area contributed by atoms with Gasteiger partial charge in [-0.15, -0.1) is 11.6 Å². The first kappa shape index (κ1) is 12.3. The Morgan fingerprint density at radius 2 is 2.25 bits per heavy atom. The molecule has 0 heterocycles. The molecular weight excluding hydrogens is 230 g/mol. The van der Waals surface area contributed by atoms with Crippen molar-refractivity contribution >= 4 is 17.6 Å². The predicted octanol–water partition coefficient (Wildman–Crippen LogP) is 1.93. The number of carboxylic acids is 1. The van der Waals surface area contributed by atoms with E-state index in [0.29, 0.717) is 22.4 Å². The second-order valence-corrected chi connectivity index (χ2v) is 3.40. The van der Waals surface area contributed by atoms with Crippen LogP contribution in [0.15, 0.2) is 12.1 Å². The molecule has 1 aromatic carbocycles. The lowest BCUT2D eigenvalue weighted by Gasteiger charge is -2.09. The van der Waals surface area contributed by atoms with Gasteiger partial charge in [-0.1, -0.05) is 0 Å². The summed E-state index contributed by atoms with van der Waals surface area (Å²) in [6, 6.07) is 5.08. The molecule has 0 aromatic heterocycles. The van der Waals surface area contributed by atoms with Crippen LogP contribution in [0.25, 0.3) is 0 Å². The minimum absolute atomic E-state index is 0.135. The molecule has 0 fully saturated rings. The van der Waals surface area contributed by atoms with Crippen molar-refractivity contribution in [2.24, 2.45) is 0 Å². The lowest BCUT2D eigenvalue weighted by molar-refractivity contribution is -0.136. The number of nitrogens with zero attached hydrogens (tertiary/aromatic N) is 1. The lowest BCUT2D eigenvalue weighted by atomic mass is 10.0. The smallest absolute Gasteiger partial charge is 0.307 e. The Kier molecular flexibility index (Phi) is 4.15. The molecule has 0 amide bonds. The zero-order chi connectivity index (χ0) is 12.1. The first-order chi connectivity index (χ1) is 7.62. The van der Waals surface area contributed by atoms with Gasteiger partial charge in [0.05, 0.1) is 19.1 Å². The van der Waals surface area contributed by atoms with Crippen molar-refractivity contribution in [1.29, 1.82) is 5.26 Å². The highest BCUT2D eigenvalue weighted by molar-refractivity contribution is 6.17. The number of carboxylic acid groups (broad SMARTS) is 1. The van der Waals surface area contributed by atoms with Crippen LogP contribution in [0.2, 0.25) is 0 Å². The number of halogens is 1. The monoisotopic (exact) mass is 239 g/mol. The second kappa shape index (κ2) is 5.38. The third-order valence-corrected chi connectivity index (χ3v) is 2.42. The molecule has 1 aromatic rings. The van der Waals surface area contributed by atoms with Gasteiger partial charge in [0.25, 0.3) is 0 Å². The maximum Gasteiger partial charge on any atom is 0.307 e. The van der Waals surface area contributed by atoms with E-state index in [4.69, 9.17) is 26.7 Å². The predicted molar refractivity (Wildman–Crippen MR) is 58.6 cm³/mol. The Hall–Kier alpha value is -1.73. The molecule has 0 atom stereocenters. The van der Waals surface area contributed by atoms with Crippen LogP contribution in [0.5, 0.6) is 5.75 Å². The summed E-state index contributed by atoms with van der Waals surface area (Å²) in [5.74, 6) is -0.410. The number of rotatable bonds is 4. The first-order valence-electron chi connectivity index (χ1n) is 4.50. The largest absolute Gasteiger partial charge is 0.495 e. The number of methoxy groups -OCH3 is 1. The lowest BCUT2D eigenvalue weighted by Crippen LogP contribution is -2.04. The highest BCUT2D eigenvalue weighted by Gasteiger charge is 2.12. The molecule has 0 spiro atoms. The Bertz CT molecular complexity index is 451. The fourth-order valence-corrected chi connectivity index (χ4v) is 1.62. The maximum absolute atomic E-state index is 10.6. The number of aliphatic carboxylic acids is 1. The molecule has 0 radical (unpaired) electrons. The topological polar surface area (TPSA) is 70.3 Å². The number of ether oxygens (including phenoxy) is 1. The summed E-state index contributed by atoms with van der Waals surface area (Å²) < 4.78 is 5.00. The third kappa shape index (κ3) is 2.65. The molecule has 1 rings (SSSR count). The van der Waals surface area contributed by atoms with Crippen molar-refractivity contribution < 1.29 is 14.6 Å². The van der Waals surface area contributed by atoms with Gasteiger partial charge < -0.3 is 9.84 Å². The number of carbonyl (C=O) groups is 1. The molecule has 0 aliphatic heterocycles. The van der Waals surface area contributed by atoms with Gasteiger partial charge in [0, 0.05) is 5.88 Å². The summed E-state index contributed by atoms with van der Waals surface area (Å²) >= 11 is 5.70. The second-order valence-electron chi connectivity index (χ2n) is 3.14. The van der Waals surface area contributed by atoms with Gasteiger partial charge in [-0.05, 0) is 23.3 Å². The molecule has 0 saturated carbocycles. The fourth-order valence-electron chi connectivity index (χ4n) is 1.37. The Labute approximate surface area is 98.0 Å². The zero-order valence-electron chi connectivity index (χ0n) is 8.66. The molecule has 4 nitrogen and oxygen atoms in total. The van der Waals surface area contributed by atoms with Crippen molar-refractivity contribution in [2.45, 2.75) is 12.3 Å². The van der Waals surface area contributed by atoms with E-state index in [9.17, 15) is 4.79 Å². The molecule has 16 heavy (non-hydrogen) atoms. The van der Waals surface area contributed by atoms with Crippen LogP contribution in [-0.2, 0) is 17.1 Å². The van der Waals surface area contributed by atoms with Crippen molar-refractivity contribution in [3.8, 4) is 11.8 Å². The molecule has 0 aliphatic carbocycles. The van der Waals surface area contributed by atoms with Crippen LogP contribution in [0.1, 0.15) is 16.7 Å². The zero-order valence-corrected chi connectivity index (χ0v) is 9.41. The van der Waals surface area contributed by atoms with Crippen molar-refractivity contribution in [2.75, 3.05) is 7.11 Å². The minimum atomic E-state index is -0.946. The summed E-state index contributed by atoms with van der Waals surface area (Å²) in [7, 11) is 1.43. The highest BCUT2D eigenvalue weighted by atomic mass is 35.5. The number of hydrogen-bond donors (Lipinski definition) is 1. The third-order valence-electron chi connectivity index (χ3n) is 2.13. The average Bonchev–Trinajstić information content (AvgIpc) is 2.27. The van der Waals surface area contributed by atoms with Gasteiger partial charge in [-0.2, -0.15) is 5.26 Å². The Morgan fingerprint density at radius 1 is 1.56 bits per heavy atom. The van der Waals surface area contributed by atoms with Crippen LogP contribution in [-0.4, -0.2) is 18.2 Å². The highest BCUT2D eigenvalue weighted by Crippen LogP contribution is 2.24. The van der Waals surface area contributed by atoms with E-state index in [1.54, 1.807) is 12.1 Å². The molecule has 0 aliphatic rings. The average molecular weight is 240 g/mol. The van der Waals surface area contributed by atoms with Gasteiger partial charge >= 0.3 is 5.97 Å². The standard InChI is InChI=1S/C11H10ClNO3/c1-16-10-3-7(4-11(14)15)8(5-12)2-9(10)6-13/h2-3H,4-5H2,1H3,(H,14,15). The molecule has 1 N–H and O–H groups in total. The quantitative estimate of drug-likeness (QED) is 0.815. The van der Waals surface area contributed by atoms with E-state index in [1.807, 2.05) is 6.07 Å². The molecule has 0 saturated heterocycles. The fraction of sp³-hybridized carbons (Fsp3) is 0.273. The van der Waals surface area contributed by atoms with Crippen LogP contribution >= 0.6 is 11.6 Å². The van der Waals surface area contributed by atoms with E-state index in [0.717, 1.165) is 0 Å². The Balaban J connectivity index is 3.27. The number of nitriles is 1. The molecule has 0 unspecified atom stereocenters. The van der Waals surface area contributed by atoms with Crippen LogP contribution in [0.3, 0.4) is 0 Å². The van der Waals surface area contributed by atoms with Gasteiger partial charge in [0.1, 0.15) is 11.8 Å². The van der Waals surface area contributed by atoms with Gasteiger partial charge in [-0.25, -0.2) is 0 Å². The SMILES string of the molecule is COc1cc(CC(=O)O)c(CCl)cc1C#N. The first-order valence-corrected chi connectivity index (χ1v) is 5.03. The Morgan fingerprint density at radius 3 is 2.69 bits per heavy atom. The van der Waals surface area contributed by atoms with Crippen molar-refractivity contribution in [3.63, 3.8) is 0 Å². The summed E-state index contributed by atoms with van der Waals surface area (Å²) in [6.07, 6.45) is -0.135. The van der Waals surface area contributed by atoms with E-state index < -0.39 is 5.97 Å².